The van der Waals surface area contributed by atoms with Crippen LogP contribution in [-0.4, -0.2) is 35.2 Å². The van der Waals surface area contributed by atoms with Crippen molar-refractivity contribution in [3.05, 3.63) is 63.7 Å². The Bertz CT molecular complexity index is 1230. The fourth-order valence-corrected chi connectivity index (χ4v) is 4.71. The number of aryl methyl sites for hydroxylation is 1. The van der Waals surface area contributed by atoms with Crippen molar-refractivity contribution in [3.63, 3.8) is 0 Å². The van der Waals surface area contributed by atoms with E-state index in [0.717, 1.165) is 11.3 Å². The molecule has 1 saturated carbocycles. The molecule has 0 bridgehead atoms. The van der Waals surface area contributed by atoms with E-state index in [1.165, 1.54) is 30.3 Å². The first-order valence-corrected chi connectivity index (χ1v) is 11.4. The summed E-state index contributed by atoms with van der Waals surface area (Å²) in [4.78, 5) is 62.2. The van der Waals surface area contributed by atoms with E-state index in [1.54, 1.807) is 19.1 Å². The molecule has 182 valence electrons. The number of imide groups is 1. The fourth-order valence-electron chi connectivity index (χ4n) is 4.71. The van der Waals surface area contributed by atoms with E-state index in [-0.39, 0.29) is 40.6 Å². The topological polar surface area (TPSA) is 136 Å². The summed E-state index contributed by atoms with van der Waals surface area (Å²) in [7, 11) is 0. The number of amides is 3. The minimum Gasteiger partial charge on any atom is -0.452 e. The number of rotatable bonds is 6. The van der Waals surface area contributed by atoms with Gasteiger partial charge in [0.15, 0.2) is 6.61 Å². The zero-order chi connectivity index (χ0) is 25.3. The molecule has 2 fully saturated rings. The molecule has 10 nitrogen and oxygen atoms in total. The van der Waals surface area contributed by atoms with Gasteiger partial charge in [0, 0.05) is 17.3 Å². The normalized spacial score (nSPS) is 21.4. The molecule has 35 heavy (non-hydrogen) atoms. The maximum absolute atomic E-state index is 12.9. The number of hydrogen-bond acceptors (Lipinski definition) is 7. The highest BCUT2D eigenvalue weighted by molar-refractivity contribution is 6.22. The van der Waals surface area contributed by atoms with Gasteiger partial charge in [-0.2, -0.15) is 0 Å². The molecule has 0 unspecified atom stereocenters. The van der Waals surface area contributed by atoms with E-state index in [0.29, 0.717) is 30.0 Å². The van der Waals surface area contributed by atoms with Crippen LogP contribution in [0, 0.1) is 34.8 Å². The van der Waals surface area contributed by atoms with Gasteiger partial charge in [-0.3, -0.25) is 29.4 Å². The van der Waals surface area contributed by atoms with Gasteiger partial charge in [0.05, 0.1) is 28.0 Å². The molecule has 4 rings (SSSR count). The molecule has 1 aliphatic carbocycles. The monoisotopic (exact) mass is 479 g/mol. The quantitative estimate of drug-likeness (QED) is 0.289. The van der Waals surface area contributed by atoms with Crippen molar-refractivity contribution in [1.82, 2.24) is 0 Å². The van der Waals surface area contributed by atoms with Gasteiger partial charge >= 0.3 is 5.97 Å². The Labute approximate surface area is 201 Å². The zero-order valence-corrected chi connectivity index (χ0v) is 19.4. The van der Waals surface area contributed by atoms with Crippen molar-refractivity contribution in [2.24, 2.45) is 17.8 Å². The van der Waals surface area contributed by atoms with Crippen LogP contribution in [0.25, 0.3) is 0 Å². The van der Waals surface area contributed by atoms with Crippen molar-refractivity contribution < 1.29 is 28.8 Å². The maximum Gasteiger partial charge on any atom is 0.338 e. The van der Waals surface area contributed by atoms with Gasteiger partial charge < -0.3 is 10.1 Å². The van der Waals surface area contributed by atoms with Gasteiger partial charge in [-0.25, -0.2) is 4.79 Å². The largest absolute Gasteiger partial charge is 0.452 e. The SMILES string of the molecule is Cc1ccc(NC(=O)COC(=O)c2cccc(N3C(=O)[C@H]4C[C@H](C)CC[C@H]4C3=O)c2)cc1[N+](=O)[O-]. The summed E-state index contributed by atoms with van der Waals surface area (Å²) < 4.78 is 5.07. The highest BCUT2D eigenvalue weighted by Gasteiger charge is 2.50. The molecule has 1 heterocycles. The summed E-state index contributed by atoms with van der Waals surface area (Å²) >= 11 is 0. The molecular weight excluding hydrogens is 454 g/mol. The van der Waals surface area contributed by atoms with Crippen LogP contribution < -0.4 is 10.2 Å². The van der Waals surface area contributed by atoms with Crippen LogP contribution in [0.2, 0.25) is 0 Å². The van der Waals surface area contributed by atoms with Crippen LogP contribution in [0.3, 0.4) is 0 Å². The predicted octanol–water partition coefficient (Wildman–Crippen LogP) is 3.62. The Hall–Kier alpha value is -4.08. The van der Waals surface area contributed by atoms with Crippen molar-refractivity contribution in [2.75, 3.05) is 16.8 Å². The highest BCUT2D eigenvalue weighted by Crippen LogP contribution is 2.42. The summed E-state index contributed by atoms with van der Waals surface area (Å²) in [5.41, 5.74) is 0.894. The number of nitrogens with one attached hydrogen (secondary N) is 1. The van der Waals surface area contributed by atoms with Crippen LogP contribution in [0.4, 0.5) is 17.1 Å². The first-order valence-electron chi connectivity index (χ1n) is 11.4. The molecular formula is C25H25N3O7. The summed E-state index contributed by atoms with van der Waals surface area (Å²) in [6.07, 6.45) is 2.25. The number of anilines is 2. The number of fused-ring (bicyclic) bond motifs is 1. The van der Waals surface area contributed by atoms with Gasteiger partial charge in [-0.1, -0.05) is 19.1 Å². The van der Waals surface area contributed by atoms with Crippen molar-refractivity contribution in [3.8, 4) is 0 Å². The Morgan fingerprint density at radius 2 is 1.86 bits per heavy atom. The minimum absolute atomic E-state index is 0.0881. The van der Waals surface area contributed by atoms with Gasteiger partial charge in [0.1, 0.15) is 0 Å². The molecule has 1 aliphatic heterocycles. The number of ether oxygens (including phenoxy) is 1. The van der Waals surface area contributed by atoms with Gasteiger partial charge in [-0.05, 0) is 56.4 Å². The molecule has 1 N–H and O–H groups in total. The van der Waals surface area contributed by atoms with E-state index in [9.17, 15) is 29.3 Å². The lowest BCUT2D eigenvalue weighted by Crippen LogP contribution is -2.31. The zero-order valence-electron chi connectivity index (χ0n) is 19.4. The van der Waals surface area contributed by atoms with Crippen molar-refractivity contribution in [2.45, 2.75) is 33.1 Å². The number of carbonyl (C=O) groups is 4. The average molecular weight is 479 g/mol. The number of carbonyl (C=O) groups excluding carboxylic acids is 4. The van der Waals surface area contributed by atoms with Crippen LogP contribution in [0.1, 0.15) is 42.1 Å². The fraction of sp³-hybridized carbons (Fsp3) is 0.360. The molecule has 3 amide bonds. The molecule has 10 heteroatoms. The Morgan fingerprint density at radius 1 is 1.11 bits per heavy atom. The molecule has 3 atom stereocenters. The van der Waals surface area contributed by atoms with E-state index in [4.69, 9.17) is 4.74 Å². The molecule has 2 aromatic rings. The third-order valence-electron chi connectivity index (χ3n) is 6.55. The van der Waals surface area contributed by atoms with E-state index >= 15 is 0 Å². The Kier molecular flexibility index (Phi) is 6.63. The number of benzene rings is 2. The summed E-state index contributed by atoms with van der Waals surface area (Å²) in [6.45, 7) is 3.04. The second-order valence-electron chi connectivity index (χ2n) is 9.08. The average Bonchev–Trinajstić information content (AvgIpc) is 3.07. The third-order valence-corrected chi connectivity index (χ3v) is 6.55. The molecule has 0 aromatic heterocycles. The standard InChI is InChI=1S/C25H25N3O7/c1-14-6-9-19-20(10-14)24(31)27(23(19)30)18-5-3-4-16(11-18)25(32)35-13-22(29)26-17-8-7-15(2)21(12-17)28(33)34/h3-5,7-8,11-12,14,19-20H,6,9-10,13H2,1-2H3,(H,26,29)/t14-,19-,20+/m1/s1. The first kappa shape index (κ1) is 24.1. The maximum atomic E-state index is 12.9. The number of nitro benzene ring substituents is 1. The van der Waals surface area contributed by atoms with E-state index in [2.05, 4.69) is 12.2 Å². The van der Waals surface area contributed by atoms with E-state index in [1.807, 2.05) is 0 Å². The van der Waals surface area contributed by atoms with Crippen LogP contribution in [-0.2, 0) is 19.1 Å². The Morgan fingerprint density at radius 3 is 2.60 bits per heavy atom. The minimum atomic E-state index is -0.804. The highest BCUT2D eigenvalue weighted by atomic mass is 16.6. The second-order valence-corrected chi connectivity index (χ2v) is 9.08. The lowest BCUT2D eigenvalue weighted by atomic mass is 9.76. The molecule has 2 aromatic carbocycles. The smallest absolute Gasteiger partial charge is 0.338 e. The van der Waals surface area contributed by atoms with Gasteiger partial charge in [-0.15, -0.1) is 0 Å². The van der Waals surface area contributed by atoms with Crippen LogP contribution in [0.5, 0.6) is 0 Å². The molecule has 1 saturated heterocycles. The summed E-state index contributed by atoms with van der Waals surface area (Å²) in [6, 6.07) is 10.2. The second kappa shape index (κ2) is 9.65. The summed E-state index contributed by atoms with van der Waals surface area (Å²) in [5, 5.41) is 13.5. The lowest BCUT2D eigenvalue weighted by molar-refractivity contribution is -0.385. The van der Waals surface area contributed by atoms with Crippen LogP contribution >= 0.6 is 0 Å². The molecule has 0 spiro atoms. The van der Waals surface area contributed by atoms with Gasteiger partial charge in [0.2, 0.25) is 11.8 Å². The van der Waals surface area contributed by atoms with Crippen molar-refractivity contribution >= 4 is 40.8 Å². The van der Waals surface area contributed by atoms with Crippen molar-refractivity contribution in [1.29, 1.82) is 0 Å². The third kappa shape index (κ3) is 4.91. The number of nitro groups is 1. The van der Waals surface area contributed by atoms with Gasteiger partial charge in [0.25, 0.3) is 11.6 Å². The number of esters is 1. The Balaban J connectivity index is 1.40. The number of nitrogens with zero attached hydrogens (tertiary/aromatic N) is 2. The van der Waals surface area contributed by atoms with Crippen LogP contribution in [0.15, 0.2) is 42.5 Å². The molecule has 0 radical (unpaired) electrons. The molecule has 2 aliphatic rings. The van der Waals surface area contributed by atoms with E-state index < -0.39 is 23.4 Å². The predicted molar refractivity (Wildman–Crippen MR) is 126 cm³/mol. The lowest BCUT2D eigenvalue weighted by Gasteiger charge is -2.25. The summed E-state index contributed by atoms with van der Waals surface area (Å²) in [5.74, 6) is -2.24. The number of hydrogen-bond donors (Lipinski definition) is 1. The first-order chi connectivity index (χ1) is 16.7.